The zero-order valence-electron chi connectivity index (χ0n) is 9.63. The molecule has 0 aliphatic carbocycles. The number of anilines is 1. The van der Waals surface area contributed by atoms with E-state index in [1.54, 1.807) is 6.07 Å². The van der Waals surface area contributed by atoms with Crippen molar-refractivity contribution in [3.63, 3.8) is 0 Å². The standard InChI is InChI=1S/C10H12IN3O3S/c1-6-8(11)2-3-9(13-6)14-5-7(4-10(14)15)18(12,16)17/h2-3,7H,4-5H2,1H3,(H2,12,16,17). The van der Waals surface area contributed by atoms with Crippen LogP contribution in [0.3, 0.4) is 0 Å². The largest absolute Gasteiger partial charge is 0.295 e. The van der Waals surface area contributed by atoms with Gasteiger partial charge in [-0.3, -0.25) is 9.69 Å². The van der Waals surface area contributed by atoms with E-state index in [9.17, 15) is 13.2 Å². The van der Waals surface area contributed by atoms with Crippen molar-refractivity contribution in [2.45, 2.75) is 18.6 Å². The van der Waals surface area contributed by atoms with Crippen molar-refractivity contribution in [1.82, 2.24) is 4.98 Å². The van der Waals surface area contributed by atoms with E-state index in [2.05, 4.69) is 27.6 Å². The summed E-state index contributed by atoms with van der Waals surface area (Å²) in [5, 5.41) is 4.23. The number of carbonyl (C=O) groups is 1. The van der Waals surface area contributed by atoms with Crippen molar-refractivity contribution < 1.29 is 13.2 Å². The number of pyridine rings is 1. The molecule has 1 amide bonds. The molecule has 1 aliphatic rings. The second kappa shape index (κ2) is 4.74. The van der Waals surface area contributed by atoms with Crippen LogP contribution >= 0.6 is 22.6 Å². The van der Waals surface area contributed by atoms with Crippen LogP contribution in [0.15, 0.2) is 12.1 Å². The Morgan fingerprint density at radius 2 is 2.17 bits per heavy atom. The lowest BCUT2D eigenvalue weighted by Crippen LogP contribution is -2.32. The lowest BCUT2D eigenvalue weighted by Gasteiger charge is -2.15. The van der Waals surface area contributed by atoms with Crippen molar-refractivity contribution in [2.24, 2.45) is 5.14 Å². The summed E-state index contributed by atoms with van der Waals surface area (Å²) < 4.78 is 23.5. The third-order valence-electron chi connectivity index (χ3n) is 2.84. The fourth-order valence-corrected chi connectivity index (χ4v) is 2.83. The third kappa shape index (κ3) is 2.64. The van der Waals surface area contributed by atoms with Gasteiger partial charge in [-0.05, 0) is 41.6 Å². The lowest BCUT2D eigenvalue weighted by molar-refractivity contribution is -0.117. The quantitative estimate of drug-likeness (QED) is 0.750. The van der Waals surface area contributed by atoms with Gasteiger partial charge in [0.15, 0.2) is 0 Å². The van der Waals surface area contributed by atoms with E-state index < -0.39 is 15.3 Å². The van der Waals surface area contributed by atoms with Crippen molar-refractivity contribution in [2.75, 3.05) is 11.4 Å². The Kier molecular flexibility index (Phi) is 3.60. The Morgan fingerprint density at radius 3 is 2.67 bits per heavy atom. The van der Waals surface area contributed by atoms with E-state index in [1.807, 2.05) is 13.0 Å². The number of sulfonamides is 1. The first kappa shape index (κ1) is 13.7. The Morgan fingerprint density at radius 1 is 1.50 bits per heavy atom. The highest BCUT2D eigenvalue weighted by Gasteiger charge is 2.37. The van der Waals surface area contributed by atoms with E-state index >= 15 is 0 Å². The van der Waals surface area contributed by atoms with Gasteiger partial charge in [-0.15, -0.1) is 0 Å². The molecular weight excluding hydrogens is 369 g/mol. The van der Waals surface area contributed by atoms with Gasteiger partial charge in [0.25, 0.3) is 0 Å². The molecule has 0 radical (unpaired) electrons. The summed E-state index contributed by atoms with van der Waals surface area (Å²) in [6.45, 7) is 1.91. The van der Waals surface area contributed by atoms with E-state index in [-0.39, 0.29) is 18.9 Å². The number of aryl methyl sites for hydroxylation is 1. The minimum absolute atomic E-state index is 0.0741. The Labute approximate surface area is 119 Å². The Bertz CT molecular complexity index is 602. The molecule has 1 aliphatic heterocycles. The van der Waals surface area contributed by atoms with Crippen LogP contribution in [-0.4, -0.2) is 31.1 Å². The van der Waals surface area contributed by atoms with E-state index in [1.165, 1.54) is 4.90 Å². The number of nitrogens with zero attached hydrogens (tertiary/aromatic N) is 2. The van der Waals surface area contributed by atoms with Crippen LogP contribution in [0.25, 0.3) is 0 Å². The Balaban J connectivity index is 2.30. The molecule has 2 N–H and O–H groups in total. The molecule has 18 heavy (non-hydrogen) atoms. The highest BCUT2D eigenvalue weighted by molar-refractivity contribution is 14.1. The van der Waals surface area contributed by atoms with Gasteiger partial charge in [-0.1, -0.05) is 0 Å². The molecule has 0 saturated carbocycles. The van der Waals surface area contributed by atoms with Gasteiger partial charge in [-0.25, -0.2) is 18.5 Å². The maximum atomic E-state index is 11.8. The molecule has 1 unspecified atom stereocenters. The highest BCUT2D eigenvalue weighted by atomic mass is 127. The molecule has 0 bridgehead atoms. The van der Waals surface area contributed by atoms with Gasteiger partial charge < -0.3 is 0 Å². The third-order valence-corrected chi connectivity index (χ3v) is 5.22. The Hall–Kier alpha value is -0.740. The van der Waals surface area contributed by atoms with Crippen molar-refractivity contribution in [3.8, 4) is 0 Å². The van der Waals surface area contributed by atoms with Gasteiger partial charge >= 0.3 is 0 Å². The van der Waals surface area contributed by atoms with Crippen LogP contribution in [0.1, 0.15) is 12.1 Å². The average Bonchev–Trinajstić information content (AvgIpc) is 2.64. The van der Waals surface area contributed by atoms with Crippen LogP contribution in [0.5, 0.6) is 0 Å². The lowest BCUT2D eigenvalue weighted by atomic mass is 10.3. The number of nitrogens with two attached hydrogens (primary N) is 1. The minimum atomic E-state index is -3.69. The molecule has 0 spiro atoms. The summed E-state index contributed by atoms with van der Waals surface area (Å²) in [6.07, 6.45) is -0.0778. The summed E-state index contributed by atoms with van der Waals surface area (Å²) in [4.78, 5) is 17.4. The second-order valence-electron chi connectivity index (χ2n) is 4.16. The first-order valence-corrected chi connectivity index (χ1v) is 7.93. The SMILES string of the molecule is Cc1nc(N2CC(S(N)(=O)=O)CC2=O)ccc1I. The maximum absolute atomic E-state index is 11.8. The summed E-state index contributed by atoms with van der Waals surface area (Å²) in [6, 6.07) is 3.55. The average molecular weight is 381 g/mol. The van der Waals surface area contributed by atoms with Crippen LogP contribution in [0.2, 0.25) is 0 Å². The van der Waals surface area contributed by atoms with Gasteiger partial charge in [0, 0.05) is 16.5 Å². The number of primary sulfonamides is 1. The van der Waals surface area contributed by atoms with E-state index in [4.69, 9.17) is 5.14 Å². The smallest absolute Gasteiger partial charge is 0.229 e. The number of hydrogen-bond donors (Lipinski definition) is 1. The van der Waals surface area contributed by atoms with Gasteiger partial charge in [0.2, 0.25) is 15.9 Å². The molecule has 1 aromatic heterocycles. The van der Waals surface area contributed by atoms with Crippen LogP contribution in [-0.2, 0) is 14.8 Å². The topological polar surface area (TPSA) is 93.4 Å². The van der Waals surface area contributed by atoms with Crippen molar-refractivity contribution >= 4 is 44.3 Å². The van der Waals surface area contributed by atoms with Gasteiger partial charge in [0.1, 0.15) is 11.1 Å². The predicted octanol–water partition coefficient (Wildman–Crippen LogP) is 0.388. The van der Waals surface area contributed by atoms with Crippen molar-refractivity contribution in [1.29, 1.82) is 0 Å². The number of amides is 1. The first-order valence-electron chi connectivity index (χ1n) is 5.24. The maximum Gasteiger partial charge on any atom is 0.229 e. The normalized spacial score (nSPS) is 20.5. The zero-order chi connectivity index (χ0) is 13.5. The molecule has 0 aromatic carbocycles. The number of halogens is 1. The van der Waals surface area contributed by atoms with Crippen LogP contribution in [0.4, 0.5) is 5.82 Å². The zero-order valence-corrected chi connectivity index (χ0v) is 12.6. The molecule has 2 rings (SSSR count). The predicted molar refractivity (Wildman–Crippen MR) is 75.6 cm³/mol. The minimum Gasteiger partial charge on any atom is -0.295 e. The monoisotopic (exact) mass is 381 g/mol. The highest BCUT2D eigenvalue weighted by Crippen LogP contribution is 2.24. The summed E-state index contributed by atoms with van der Waals surface area (Å²) in [5.41, 5.74) is 0.806. The van der Waals surface area contributed by atoms with Gasteiger partial charge in [0.05, 0.1) is 5.69 Å². The fourth-order valence-electron chi connectivity index (χ4n) is 1.80. The molecule has 1 saturated heterocycles. The number of aromatic nitrogens is 1. The molecule has 98 valence electrons. The molecule has 6 nitrogen and oxygen atoms in total. The molecule has 2 heterocycles. The first-order chi connectivity index (χ1) is 8.29. The van der Waals surface area contributed by atoms with Crippen molar-refractivity contribution in [3.05, 3.63) is 21.4 Å². The summed E-state index contributed by atoms with van der Waals surface area (Å²) in [5.74, 6) is 0.214. The summed E-state index contributed by atoms with van der Waals surface area (Å²) in [7, 11) is -3.69. The fraction of sp³-hybridized carbons (Fsp3) is 0.400. The number of rotatable bonds is 2. The summed E-state index contributed by atoms with van der Waals surface area (Å²) >= 11 is 2.14. The molecule has 1 aromatic rings. The number of carbonyl (C=O) groups excluding carboxylic acids is 1. The molecular formula is C10H12IN3O3S. The van der Waals surface area contributed by atoms with Crippen LogP contribution < -0.4 is 10.0 Å². The number of hydrogen-bond acceptors (Lipinski definition) is 4. The molecule has 8 heteroatoms. The molecule has 1 atom stereocenters. The second-order valence-corrected chi connectivity index (χ2v) is 7.16. The van der Waals surface area contributed by atoms with Gasteiger partial charge in [-0.2, -0.15) is 0 Å². The molecule has 1 fully saturated rings. The van der Waals surface area contributed by atoms with Crippen LogP contribution in [0, 0.1) is 10.5 Å². The van der Waals surface area contributed by atoms with E-state index in [0.717, 1.165) is 9.26 Å². The van der Waals surface area contributed by atoms with E-state index in [0.29, 0.717) is 5.82 Å².